The van der Waals surface area contributed by atoms with Crippen molar-refractivity contribution < 1.29 is 9.66 Å². The van der Waals surface area contributed by atoms with Crippen LogP contribution in [0.2, 0.25) is 0 Å². The Morgan fingerprint density at radius 3 is 2.93 bits per heavy atom. The molecule has 0 saturated carbocycles. The van der Waals surface area contributed by atoms with Crippen molar-refractivity contribution in [1.29, 1.82) is 0 Å². The molecule has 0 fully saturated rings. The third kappa shape index (κ3) is 2.39. The molecule has 1 rings (SSSR count). The van der Waals surface area contributed by atoms with E-state index in [0.29, 0.717) is 11.0 Å². The van der Waals surface area contributed by atoms with Crippen molar-refractivity contribution in [2.75, 3.05) is 13.2 Å². The van der Waals surface area contributed by atoms with Crippen molar-refractivity contribution in [3.8, 4) is 5.75 Å². The molecule has 0 bridgehead atoms. The molecule has 0 radical (unpaired) electrons. The lowest BCUT2D eigenvalue weighted by molar-refractivity contribution is -0.386. The Balaban J connectivity index is 3.02. The SMILES string of the molecule is NCCOc1c(Br)cncc1[N+](=O)[O-]. The monoisotopic (exact) mass is 261 g/mol. The van der Waals surface area contributed by atoms with Crippen LogP contribution in [0.4, 0.5) is 5.69 Å². The Hall–Kier alpha value is -1.21. The van der Waals surface area contributed by atoms with Gasteiger partial charge in [-0.05, 0) is 15.9 Å². The lowest BCUT2D eigenvalue weighted by Crippen LogP contribution is -2.11. The Morgan fingerprint density at radius 2 is 2.36 bits per heavy atom. The molecule has 0 spiro atoms. The molecule has 7 heteroatoms. The van der Waals surface area contributed by atoms with Crippen molar-refractivity contribution in [1.82, 2.24) is 4.98 Å². The predicted molar refractivity (Wildman–Crippen MR) is 53.1 cm³/mol. The molecule has 0 aromatic carbocycles. The molecule has 1 heterocycles. The van der Waals surface area contributed by atoms with Crippen LogP contribution in [0, 0.1) is 10.1 Å². The smallest absolute Gasteiger partial charge is 0.330 e. The number of aromatic nitrogens is 1. The van der Waals surface area contributed by atoms with E-state index in [9.17, 15) is 10.1 Å². The first-order chi connectivity index (χ1) is 6.66. The highest BCUT2D eigenvalue weighted by molar-refractivity contribution is 9.10. The molecule has 0 aliphatic carbocycles. The van der Waals surface area contributed by atoms with Gasteiger partial charge in [-0.1, -0.05) is 0 Å². The largest absolute Gasteiger partial charge is 0.485 e. The molecule has 0 aliphatic rings. The van der Waals surface area contributed by atoms with Gasteiger partial charge in [0.2, 0.25) is 5.75 Å². The summed E-state index contributed by atoms with van der Waals surface area (Å²) in [5.41, 5.74) is 5.05. The van der Waals surface area contributed by atoms with Gasteiger partial charge in [0.25, 0.3) is 0 Å². The normalized spacial score (nSPS) is 9.86. The molecule has 1 aromatic rings. The number of nitrogens with two attached hydrogens (primary N) is 1. The minimum atomic E-state index is -0.552. The average Bonchev–Trinajstić information content (AvgIpc) is 2.15. The van der Waals surface area contributed by atoms with E-state index < -0.39 is 4.92 Å². The fourth-order valence-corrected chi connectivity index (χ4v) is 1.28. The van der Waals surface area contributed by atoms with Gasteiger partial charge in [-0.15, -0.1) is 0 Å². The van der Waals surface area contributed by atoms with E-state index in [1.807, 2.05) is 0 Å². The van der Waals surface area contributed by atoms with E-state index in [1.54, 1.807) is 0 Å². The number of halogens is 1. The molecule has 0 aliphatic heterocycles. The van der Waals surface area contributed by atoms with Crippen molar-refractivity contribution >= 4 is 21.6 Å². The van der Waals surface area contributed by atoms with Gasteiger partial charge in [-0.25, -0.2) is 0 Å². The van der Waals surface area contributed by atoms with Gasteiger partial charge in [-0.3, -0.25) is 15.1 Å². The first-order valence-corrected chi connectivity index (χ1v) is 4.57. The number of rotatable bonds is 4. The third-order valence-electron chi connectivity index (χ3n) is 1.40. The average molecular weight is 262 g/mol. The maximum atomic E-state index is 10.6. The van der Waals surface area contributed by atoms with Crippen LogP contribution in [-0.4, -0.2) is 23.1 Å². The van der Waals surface area contributed by atoms with Crippen LogP contribution < -0.4 is 10.5 Å². The van der Waals surface area contributed by atoms with Crippen LogP contribution in [0.3, 0.4) is 0 Å². The summed E-state index contributed by atoms with van der Waals surface area (Å²) < 4.78 is 5.57. The first kappa shape index (κ1) is 10.9. The molecule has 1 aromatic heterocycles. The van der Waals surface area contributed by atoms with Crippen molar-refractivity contribution in [3.63, 3.8) is 0 Å². The standard InChI is InChI=1S/C7H8BrN3O3/c8-5-3-10-4-6(11(12)13)7(5)14-2-1-9/h3-4H,1-2,9H2. The summed E-state index contributed by atoms with van der Waals surface area (Å²) in [4.78, 5) is 13.7. The Kier molecular flexibility index (Phi) is 3.78. The maximum Gasteiger partial charge on any atom is 0.330 e. The number of nitro groups is 1. The summed E-state index contributed by atoms with van der Waals surface area (Å²) in [5.74, 6) is 0.162. The fourth-order valence-electron chi connectivity index (χ4n) is 0.847. The number of ether oxygens (including phenoxy) is 1. The number of hydrogen-bond donors (Lipinski definition) is 1. The zero-order valence-corrected chi connectivity index (χ0v) is 8.73. The van der Waals surface area contributed by atoms with E-state index in [0.717, 1.165) is 6.20 Å². The minimum absolute atomic E-state index is 0.162. The van der Waals surface area contributed by atoms with Crippen molar-refractivity contribution in [2.24, 2.45) is 5.73 Å². The second-order valence-electron chi connectivity index (χ2n) is 2.36. The molecule has 0 amide bonds. The molecule has 0 saturated heterocycles. The molecule has 0 unspecified atom stereocenters. The van der Waals surface area contributed by atoms with Gasteiger partial charge in [0.05, 0.1) is 9.40 Å². The lowest BCUT2D eigenvalue weighted by atomic mass is 10.4. The summed E-state index contributed by atoms with van der Waals surface area (Å²) >= 11 is 3.11. The molecule has 76 valence electrons. The van der Waals surface area contributed by atoms with Gasteiger partial charge in [-0.2, -0.15) is 0 Å². The highest BCUT2D eigenvalue weighted by atomic mass is 79.9. The van der Waals surface area contributed by atoms with Crippen LogP contribution in [-0.2, 0) is 0 Å². The molecular weight excluding hydrogens is 254 g/mol. The highest BCUT2D eigenvalue weighted by Crippen LogP contribution is 2.33. The van der Waals surface area contributed by atoms with Gasteiger partial charge in [0.1, 0.15) is 12.8 Å². The quantitative estimate of drug-likeness (QED) is 0.647. The fraction of sp³-hybridized carbons (Fsp3) is 0.286. The molecule has 0 atom stereocenters. The van der Waals surface area contributed by atoms with Gasteiger partial charge >= 0.3 is 5.69 Å². The number of pyridine rings is 1. The first-order valence-electron chi connectivity index (χ1n) is 3.77. The second-order valence-corrected chi connectivity index (χ2v) is 3.22. The summed E-state index contributed by atoms with van der Waals surface area (Å²) in [6, 6.07) is 0. The van der Waals surface area contributed by atoms with Gasteiger partial charge in [0.15, 0.2) is 0 Å². The van der Waals surface area contributed by atoms with E-state index in [2.05, 4.69) is 20.9 Å². The highest BCUT2D eigenvalue weighted by Gasteiger charge is 2.18. The van der Waals surface area contributed by atoms with Gasteiger partial charge < -0.3 is 10.5 Å². The van der Waals surface area contributed by atoms with E-state index in [4.69, 9.17) is 10.5 Å². The maximum absolute atomic E-state index is 10.6. The summed E-state index contributed by atoms with van der Waals surface area (Å²) in [6.07, 6.45) is 2.56. The van der Waals surface area contributed by atoms with Crippen LogP contribution in [0.5, 0.6) is 5.75 Å². The predicted octanol–water partition coefficient (Wildman–Crippen LogP) is 1.09. The van der Waals surface area contributed by atoms with Crippen LogP contribution in [0.25, 0.3) is 0 Å². The summed E-state index contributed by atoms with van der Waals surface area (Å²) in [7, 11) is 0. The Labute approximate surface area is 88.4 Å². The van der Waals surface area contributed by atoms with Crippen LogP contribution in [0.1, 0.15) is 0 Å². The Bertz CT molecular complexity index is 345. The molecular formula is C7H8BrN3O3. The molecule has 2 N–H and O–H groups in total. The van der Waals surface area contributed by atoms with Crippen molar-refractivity contribution in [3.05, 3.63) is 27.0 Å². The van der Waals surface area contributed by atoms with Crippen molar-refractivity contribution in [2.45, 2.75) is 0 Å². The minimum Gasteiger partial charge on any atom is -0.485 e. The summed E-state index contributed by atoms with van der Waals surface area (Å²) in [6.45, 7) is 0.523. The van der Waals surface area contributed by atoms with E-state index in [1.165, 1.54) is 6.20 Å². The molecule has 14 heavy (non-hydrogen) atoms. The third-order valence-corrected chi connectivity index (χ3v) is 1.96. The van der Waals surface area contributed by atoms with Crippen LogP contribution in [0.15, 0.2) is 16.9 Å². The molecule has 6 nitrogen and oxygen atoms in total. The second kappa shape index (κ2) is 4.87. The van der Waals surface area contributed by atoms with Gasteiger partial charge in [0, 0.05) is 12.7 Å². The zero-order chi connectivity index (χ0) is 10.6. The summed E-state index contributed by atoms with van der Waals surface area (Å²) in [5, 5.41) is 10.6. The van der Waals surface area contributed by atoms with Crippen LogP contribution >= 0.6 is 15.9 Å². The number of hydrogen-bond acceptors (Lipinski definition) is 5. The zero-order valence-electron chi connectivity index (χ0n) is 7.14. The Morgan fingerprint density at radius 1 is 1.64 bits per heavy atom. The number of nitrogens with zero attached hydrogens (tertiary/aromatic N) is 2. The van der Waals surface area contributed by atoms with E-state index in [-0.39, 0.29) is 18.0 Å². The lowest BCUT2D eigenvalue weighted by Gasteiger charge is -2.05. The topological polar surface area (TPSA) is 91.3 Å². The van der Waals surface area contributed by atoms with E-state index >= 15 is 0 Å².